The molecule has 0 aliphatic carbocycles. The van der Waals surface area contributed by atoms with Crippen molar-refractivity contribution in [2.75, 3.05) is 51.1 Å². The molecule has 0 bridgehead atoms. The molecule has 6 atom stereocenters. The van der Waals surface area contributed by atoms with Crippen LogP contribution in [-0.2, 0) is 51.5 Å². The van der Waals surface area contributed by atoms with Crippen molar-refractivity contribution < 1.29 is 34.5 Å². The van der Waals surface area contributed by atoms with E-state index >= 15 is 0 Å². The molecule has 55 heavy (non-hydrogen) atoms. The fraction of sp³-hybridized carbons (Fsp3) is 0.488. The van der Waals surface area contributed by atoms with Crippen molar-refractivity contribution in [1.82, 2.24) is 20.9 Å². The molecule has 6 rings (SSSR count). The maximum absolute atomic E-state index is 14.1. The zero-order valence-electron chi connectivity index (χ0n) is 31.4. The predicted molar refractivity (Wildman–Crippen MR) is 209 cm³/mol. The molecule has 3 aliphatic heterocycles. The first-order chi connectivity index (χ1) is 26.6. The van der Waals surface area contributed by atoms with E-state index < -0.39 is 35.7 Å². The second-order valence-electron chi connectivity index (χ2n) is 15.6. The second-order valence-corrected chi connectivity index (χ2v) is 15.6. The first-order valence-corrected chi connectivity index (χ1v) is 19.7. The number of hydrogen-bond donors (Lipinski definition) is 7. The first kappa shape index (κ1) is 39.9. The minimum Gasteiger partial charge on any atom is -0.481 e. The lowest BCUT2D eigenvalue weighted by atomic mass is 9.86. The normalized spacial score (nSPS) is 21.1. The Morgan fingerprint density at radius 1 is 0.582 bits per heavy atom. The lowest BCUT2D eigenvalue weighted by molar-refractivity contribution is -0.144. The van der Waals surface area contributed by atoms with Gasteiger partial charge in [-0.25, -0.2) is 0 Å². The third-order valence-electron chi connectivity index (χ3n) is 11.8. The topological polar surface area (TPSA) is 180 Å². The third-order valence-corrected chi connectivity index (χ3v) is 11.8. The number of nitrogens with one attached hydrogen (secondary N) is 4. The smallest absolute Gasteiger partial charge is 0.307 e. The lowest BCUT2D eigenvalue weighted by Crippen LogP contribution is -2.35. The van der Waals surface area contributed by atoms with Gasteiger partial charge in [0.15, 0.2) is 0 Å². The van der Waals surface area contributed by atoms with Gasteiger partial charge in [0.05, 0.1) is 24.3 Å². The number of carbonyl (C=O) groups is 4. The molecule has 1 amide bonds. The molecular formula is C43H55N5O7. The molecule has 3 saturated heterocycles. The minimum absolute atomic E-state index is 0.00325. The van der Waals surface area contributed by atoms with E-state index in [1.807, 2.05) is 72.8 Å². The van der Waals surface area contributed by atoms with E-state index in [0.717, 1.165) is 72.4 Å². The molecule has 12 heteroatoms. The Morgan fingerprint density at radius 2 is 0.964 bits per heavy atom. The van der Waals surface area contributed by atoms with Crippen LogP contribution in [0.15, 0.2) is 72.8 Å². The SMILES string of the molecule is O=C(O)C(Cc1cccc(CN(Cc2cccc(CC(C(=O)O)C3CCNC3)c2)C(=O)CNc2cccc(CC(C(=O)O)C3CCNC3)c2)c1)C1CCNC1. The summed E-state index contributed by atoms with van der Waals surface area (Å²) in [5.41, 5.74) is 5.22. The van der Waals surface area contributed by atoms with E-state index in [2.05, 4.69) is 21.3 Å². The molecule has 3 aromatic carbocycles. The van der Waals surface area contributed by atoms with Crippen molar-refractivity contribution in [1.29, 1.82) is 0 Å². The van der Waals surface area contributed by atoms with Crippen molar-refractivity contribution in [3.63, 3.8) is 0 Å². The summed E-state index contributed by atoms with van der Waals surface area (Å²) >= 11 is 0. The molecule has 7 N–H and O–H groups in total. The third kappa shape index (κ3) is 11.1. The van der Waals surface area contributed by atoms with Crippen LogP contribution in [0.25, 0.3) is 0 Å². The summed E-state index contributed by atoms with van der Waals surface area (Å²) in [5.74, 6) is -3.82. The molecule has 0 radical (unpaired) electrons. The van der Waals surface area contributed by atoms with Gasteiger partial charge in [-0.1, -0.05) is 60.7 Å². The number of carboxylic acid groups (broad SMARTS) is 3. The van der Waals surface area contributed by atoms with Crippen LogP contribution in [0.5, 0.6) is 0 Å². The van der Waals surface area contributed by atoms with Crippen LogP contribution in [0, 0.1) is 35.5 Å². The molecule has 3 aliphatic rings. The van der Waals surface area contributed by atoms with Crippen LogP contribution in [0.1, 0.15) is 47.1 Å². The number of anilines is 1. The summed E-state index contributed by atoms with van der Waals surface area (Å²) in [4.78, 5) is 52.5. The highest BCUT2D eigenvalue weighted by atomic mass is 16.4. The predicted octanol–water partition coefficient (Wildman–Crippen LogP) is 3.89. The molecule has 6 unspecified atom stereocenters. The van der Waals surface area contributed by atoms with Gasteiger partial charge < -0.3 is 41.5 Å². The van der Waals surface area contributed by atoms with Crippen LogP contribution in [0.3, 0.4) is 0 Å². The molecule has 3 heterocycles. The van der Waals surface area contributed by atoms with E-state index in [9.17, 15) is 34.5 Å². The largest absolute Gasteiger partial charge is 0.481 e. The van der Waals surface area contributed by atoms with Crippen LogP contribution < -0.4 is 21.3 Å². The number of aliphatic carboxylic acids is 3. The van der Waals surface area contributed by atoms with Crippen molar-refractivity contribution in [2.45, 2.75) is 51.6 Å². The van der Waals surface area contributed by atoms with Gasteiger partial charge in [-0.15, -0.1) is 0 Å². The second kappa shape index (κ2) is 19.2. The summed E-state index contributed by atoms with van der Waals surface area (Å²) in [6.45, 7) is 5.14. The zero-order chi connectivity index (χ0) is 38.7. The number of carboxylic acids is 3. The Bertz CT molecular complexity index is 1700. The standard InChI is InChI=1S/C43H55N5O7/c49-40(25-47-36-9-3-6-30(18-36)21-39(43(54)55)35-12-15-46-24-35)48(26-31-7-1-4-28(16-31)19-37(41(50)51)33-10-13-44-22-33)27-32-8-2-5-29(17-32)20-38(42(52)53)34-11-14-45-23-34/h1-9,16-18,33-35,37-39,44-47H,10-15,19-27H2,(H,50,51)(H,52,53)(H,54,55). The highest BCUT2D eigenvalue weighted by Crippen LogP contribution is 2.27. The number of carbonyl (C=O) groups excluding carboxylic acids is 1. The van der Waals surface area contributed by atoms with Crippen LogP contribution in [0.4, 0.5) is 5.69 Å². The molecule has 0 spiro atoms. The first-order valence-electron chi connectivity index (χ1n) is 19.7. The van der Waals surface area contributed by atoms with Crippen LogP contribution >= 0.6 is 0 Å². The Hall–Kier alpha value is -4.78. The van der Waals surface area contributed by atoms with Crippen molar-refractivity contribution in [2.24, 2.45) is 35.5 Å². The van der Waals surface area contributed by atoms with Gasteiger partial charge in [-0.2, -0.15) is 0 Å². The van der Waals surface area contributed by atoms with Gasteiger partial charge >= 0.3 is 17.9 Å². The van der Waals surface area contributed by atoms with Crippen molar-refractivity contribution >= 4 is 29.5 Å². The molecule has 0 saturated carbocycles. The highest BCUT2D eigenvalue weighted by molar-refractivity contribution is 5.81. The van der Waals surface area contributed by atoms with Crippen LogP contribution in [-0.4, -0.2) is 89.8 Å². The number of benzene rings is 3. The van der Waals surface area contributed by atoms with E-state index in [4.69, 9.17) is 0 Å². The fourth-order valence-electron chi connectivity index (χ4n) is 8.67. The molecule has 12 nitrogen and oxygen atoms in total. The molecule has 3 fully saturated rings. The van der Waals surface area contributed by atoms with Crippen molar-refractivity contribution in [3.8, 4) is 0 Å². The highest BCUT2D eigenvalue weighted by Gasteiger charge is 2.33. The maximum atomic E-state index is 14.1. The summed E-state index contributed by atoms with van der Waals surface area (Å²) in [6.07, 6.45) is 3.72. The lowest BCUT2D eigenvalue weighted by Gasteiger charge is -2.25. The van der Waals surface area contributed by atoms with Gasteiger partial charge in [0.2, 0.25) is 5.91 Å². The van der Waals surface area contributed by atoms with E-state index in [0.29, 0.717) is 52.0 Å². The molecule has 3 aromatic rings. The summed E-state index contributed by atoms with van der Waals surface area (Å²) in [5, 5.41) is 43.2. The number of nitrogens with zero attached hydrogens (tertiary/aromatic N) is 1. The van der Waals surface area contributed by atoms with E-state index in [-0.39, 0.29) is 30.2 Å². The fourth-order valence-corrected chi connectivity index (χ4v) is 8.67. The Kier molecular flexibility index (Phi) is 13.9. The average molecular weight is 754 g/mol. The van der Waals surface area contributed by atoms with Gasteiger partial charge in [0.25, 0.3) is 0 Å². The summed E-state index contributed by atoms with van der Waals surface area (Å²) in [7, 11) is 0. The Labute approximate surface area is 323 Å². The van der Waals surface area contributed by atoms with Crippen LogP contribution in [0.2, 0.25) is 0 Å². The maximum Gasteiger partial charge on any atom is 0.307 e. The monoisotopic (exact) mass is 753 g/mol. The Morgan fingerprint density at radius 3 is 1.35 bits per heavy atom. The van der Waals surface area contributed by atoms with E-state index in [1.165, 1.54) is 0 Å². The molecule has 0 aromatic heterocycles. The van der Waals surface area contributed by atoms with Gasteiger partial charge in [0.1, 0.15) is 0 Å². The van der Waals surface area contributed by atoms with Crippen molar-refractivity contribution in [3.05, 3.63) is 101 Å². The average Bonchev–Trinajstić information content (AvgIpc) is 4.00. The van der Waals surface area contributed by atoms with Gasteiger partial charge in [0, 0.05) is 18.8 Å². The molecular weight excluding hydrogens is 699 g/mol. The van der Waals surface area contributed by atoms with Gasteiger partial charge in [-0.05, 0) is 135 Å². The molecule has 294 valence electrons. The number of hydrogen-bond acceptors (Lipinski definition) is 8. The number of rotatable bonds is 19. The minimum atomic E-state index is -0.797. The Balaban J connectivity index is 1.18. The van der Waals surface area contributed by atoms with E-state index in [1.54, 1.807) is 4.90 Å². The van der Waals surface area contributed by atoms with Gasteiger partial charge in [-0.3, -0.25) is 19.2 Å². The summed E-state index contributed by atoms with van der Waals surface area (Å²) in [6, 6.07) is 23.2. The quantitative estimate of drug-likeness (QED) is 0.0945. The number of amides is 1. The summed E-state index contributed by atoms with van der Waals surface area (Å²) < 4.78 is 0. The zero-order valence-corrected chi connectivity index (χ0v) is 31.4.